The molecule has 0 aliphatic rings. The molecule has 50 heavy (non-hydrogen) atoms. The zero-order valence-electron chi connectivity index (χ0n) is 28.2. The Morgan fingerprint density at radius 1 is 0.620 bits per heavy atom. The number of para-hydroxylation sites is 3. The van der Waals surface area contributed by atoms with E-state index in [1.165, 1.54) is 10.9 Å². The Morgan fingerprint density at radius 2 is 1.34 bits per heavy atom. The van der Waals surface area contributed by atoms with Crippen LogP contribution in [0.5, 0.6) is 0 Å². The Bertz CT molecular complexity index is 2280. The van der Waals surface area contributed by atoms with Gasteiger partial charge in [0.2, 0.25) is 0 Å². The smallest absolute Gasteiger partial charge is 0.0668 e. The first kappa shape index (κ1) is 38.8. The van der Waals surface area contributed by atoms with Crippen molar-refractivity contribution in [2.45, 2.75) is 26.2 Å². The summed E-state index contributed by atoms with van der Waals surface area (Å²) in [5, 5.41) is 2.28. The van der Waals surface area contributed by atoms with Gasteiger partial charge in [0, 0.05) is 73.1 Å². The third-order valence-electron chi connectivity index (χ3n) is 8.10. The van der Waals surface area contributed by atoms with Crippen LogP contribution in [0.25, 0.3) is 61.3 Å². The molecule has 3 nitrogen and oxygen atoms in total. The maximum Gasteiger partial charge on any atom is 0.0668 e. The minimum atomic E-state index is 0. The van der Waals surface area contributed by atoms with E-state index in [9.17, 15) is 0 Å². The SMILES string of the molecule is CC(C)(C)c1ccc(-c2[c-]cccc2)nc1.[B].[Ir].[Y].[c-]1ccc(-c2[c-]c3ccccc3cc2)[c-]c1-c1nc2ccccc2n1-c1ccccc1. The Morgan fingerprint density at radius 3 is 2.08 bits per heavy atom. The molecule has 0 amide bonds. The van der Waals surface area contributed by atoms with E-state index in [-0.39, 0.29) is 66.6 Å². The van der Waals surface area contributed by atoms with Gasteiger partial charge in [0.1, 0.15) is 0 Å². The Balaban J connectivity index is 0.000000254. The van der Waals surface area contributed by atoms with Gasteiger partial charge in [0.25, 0.3) is 0 Å². The van der Waals surface area contributed by atoms with Crippen LogP contribution in [0.15, 0.2) is 146 Å². The molecule has 0 atom stereocenters. The van der Waals surface area contributed by atoms with Crippen molar-refractivity contribution in [2.75, 3.05) is 0 Å². The Kier molecular flexibility index (Phi) is 13.4. The molecule has 243 valence electrons. The third-order valence-corrected chi connectivity index (χ3v) is 8.10. The van der Waals surface area contributed by atoms with Crippen LogP contribution in [-0.4, -0.2) is 22.9 Å². The monoisotopic (exact) mass is 896 g/mol. The standard InChI is InChI=1S/C29H17N2.C15H16N.B.Ir.Y/c1-2-13-26(14-3-1)31-28-16-7-6-15-27(28)30-29(31)25-12-8-11-23(20-25)24-18-17-21-9-4-5-10-22(21)19-24;1-15(2,3)13-9-10-14(16-11-13)12-7-5-4-6-8-12;;;/h1-11,13-18H;4-7,9-11H,1-3H3;;;/q-3;-1;;;. The maximum absolute atomic E-state index is 4.93. The molecule has 0 aliphatic carbocycles. The van der Waals surface area contributed by atoms with E-state index in [1.807, 2.05) is 91.1 Å². The quantitative estimate of drug-likeness (QED) is 0.130. The number of aromatic nitrogens is 3. The van der Waals surface area contributed by atoms with Crippen molar-refractivity contribution in [3.05, 3.63) is 176 Å². The van der Waals surface area contributed by atoms with Gasteiger partial charge >= 0.3 is 0 Å². The predicted molar refractivity (Wildman–Crippen MR) is 199 cm³/mol. The Labute approximate surface area is 336 Å². The van der Waals surface area contributed by atoms with E-state index in [0.717, 1.165) is 55.9 Å². The van der Waals surface area contributed by atoms with Gasteiger partial charge in [-0.3, -0.25) is 23.3 Å². The predicted octanol–water partition coefficient (Wildman–Crippen LogP) is 10.4. The molecule has 0 fully saturated rings. The Hall–Kier alpha value is -3.98. The van der Waals surface area contributed by atoms with Gasteiger partial charge in [-0.2, -0.15) is 5.56 Å². The van der Waals surface area contributed by atoms with Gasteiger partial charge < -0.3 is 20.6 Å². The fraction of sp³-hybridized carbons (Fsp3) is 0.0909. The normalized spacial score (nSPS) is 10.6. The fourth-order valence-corrected chi connectivity index (χ4v) is 5.55. The van der Waals surface area contributed by atoms with Gasteiger partial charge in [-0.1, -0.05) is 86.8 Å². The number of benzene rings is 6. The van der Waals surface area contributed by atoms with E-state index in [4.69, 9.17) is 4.98 Å². The number of pyridine rings is 1. The van der Waals surface area contributed by atoms with Crippen LogP contribution in [0.1, 0.15) is 26.3 Å². The van der Waals surface area contributed by atoms with Crippen LogP contribution in [0.2, 0.25) is 0 Å². The minimum Gasteiger partial charge on any atom is -0.374 e. The van der Waals surface area contributed by atoms with Gasteiger partial charge in [-0.25, -0.2) is 6.07 Å². The summed E-state index contributed by atoms with van der Waals surface area (Å²) in [5.41, 5.74) is 9.34. The minimum absolute atomic E-state index is 0. The van der Waals surface area contributed by atoms with Crippen LogP contribution in [-0.2, 0) is 58.2 Å². The second-order valence-corrected chi connectivity index (χ2v) is 12.4. The maximum atomic E-state index is 4.93. The molecule has 0 bridgehead atoms. The number of rotatable bonds is 4. The number of nitrogens with zero attached hydrogens (tertiary/aromatic N) is 3. The van der Waals surface area contributed by atoms with Gasteiger partial charge in [-0.15, -0.1) is 65.5 Å². The summed E-state index contributed by atoms with van der Waals surface area (Å²) < 4.78 is 2.17. The molecule has 0 unspecified atom stereocenters. The van der Waals surface area contributed by atoms with Crippen molar-refractivity contribution >= 4 is 30.2 Å². The number of fused-ring (bicyclic) bond motifs is 2. The largest absolute Gasteiger partial charge is 0.374 e. The molecule has 0 saturated carbocycles. The van der Waals surface area contributed by atoms with E-state index >= 15 is 0 Å². The molecular weight excluding hydrogens is 862 g/mol. The second-order valence-electron chi connectivity index (χ2n) is 12.4. The summed E-state index contributed by atoms with van der Waals surface area (Å²) in [4.78, 5) is 9.42. The summed E-state index contributed by atoms with van der Waals surface area (Å²) >= 11 is 0. The van der Waals surface area contributed by atoms with Crippen molar-refractivity contribution in [2.24, 2.45) is 0 Å². The summed E-state index contributed by atoms with van der Waals surface area (Å²) in [6, 6.07) is 60.7. The van der Waals surface area contributed by atoms with Gasteiger partial charge in [-0.05, 0) is 46.8 Å². The molecule has 5 radical (unpaired) electrons. The molecule has 8 aromatic rings. The van der Waals surface area contributed by atoms with Crippen LogP contribution in [0, 0.1) is 24.3 Å². The molecule has 6 heteroatoms. The van der Waals surface area contributed by atoms with Gasteiger partial charge in [0.05, 0.1) is 11.0 Å². The molecule has 8 rings (SSSR count). The zero-order valence-corrected chi connectivity index (χ0v) is 33.4. The summed E-state index contributed by atoms with van der Waals surface area (Å²) in [5.74, 6) is 0.829. The van der Waals surface area contributed by atoms with E-state index in [2.05, 4.69) is 109 Å². The molecule has 6 aromatic carbocycles. The summed E-state index contributed by atoms with van der Waals surface area (Å²) in [6.45, 7) is 6.58. The molecule has 2 heterocycles. The van der Waals surface area contributed by atoms with Gasteiger partial charge in [0.15, 0.2) is 0 Å². The molecule has 0 aliphatic heterocycles. The average Bonchev–Trinajstić information content (AvgIpc) is 3.52. The van der Waals surface area contributed by atoms with Crippen molar-refractivity contribution in [3.8, 4) is 39.5 Å². The van der Waals surface area contributed by atoms with E-state index < -0.39 is 0 Å². The number of imidazole rings is 1. The van der Waals surface area contributed by atoms with Crippen molar-refractivity contribution in [3.63, 3.8) is 0 Å². The first-order chi connectivity index (χ1) is 22.9. The summed E-state index contributed by atoms with van der Waals surface area (Å²) in [6.07, 6.45) is 1.95. The topological polar surface area (TPSA) is 30.7 Å². The molecule has 0 spiro atoms. The molecule has 2 aromatic heterocycles. The second kappa shape index (κ2) is 17.3. The number of hydrogen-bond donors (Lipinski definition) is 0. The van der Waals surface area contributed by atoms with Crippen LogP contribution in [0.4, 0.5) is 0 Å². The summed E-state index contributed by atoms with van der Waals surface area (Å²) in [7, 11) is 0. The van der Waals surface area contributed by atoms with E-state index in [0.29, 0.717) is 0 Å². The van der Waals surface area contributed by atoms with Crippen molar-refractivity contribution in [1.29, 1.82) is 0 Å². The average molecular weight is 896 g/mol. The van der Waals surface area contributed by atoms with Crippen molar-refractivity contribution in [1.82, 2.24) is 14.5 Å². The molecule has 0 saturated heterocycles. The van der Waals surface area contributed by atoms with Crippen molar-refractivity contribution < 1.29 is 52.8 Å². The van der Waals surface area contributed by atoms with Crippen LogP contribution < -0.4 is 0 Å². The van der Waals surface area contributed by atoms with E-state index in [1.54, 1.807) is 0 Å². The molecular formula is C44H33BIrN3Y-4. The van der Waals surface area contributed by atoms with Crippen LogP contribution >= 0.6 is 0 Å². The fourth-order valence-electron chi connectivity index (χ4n) is 5.55. The van der Waals surface area contributed by atoms with Crippen LogP contribution in [0.3, 0.4) is 0 Å². The number of hydrogen-bond acceptors (Lipinski definition) is 2. The first-order valence-corrected chi connectivity index (χ1v) is 15.8. The zero-order chi connectivity index (χ0) is 32.2. The molecule has 0 N–H and O–H groups in total. The third kappa shape index (κ3) is 8.65. The first-order valence-electron chi connectivity index (χ1n) is 15.8.